The van der Waals surface area contributed by atoms with E-state index in [4.69, 9.17) is 5.73 Å². The van der Waals surface area contributed by atoms with Crippen molar-refractivity contribution in [2.45, 2.75) is 26.7 Å². The molecular formula is C15H23N3O. The molecule has 104 valence electrons. The number of carbonyl (C=O) groups is 1. The Kier molecular flexibility index (Phi) is 4.30. The van der Waals surface area contributed by atoms with Gasteiger partial charge in [0.05, 0.1) is 11.3 Å². The molecule has 0 spiro atoms. The molecule has 1 atom stereocenters. The van der Waals surface area contributed by atoms with Crippen LogP contribution in [0.15, 0.2) is 18.2 Å². The molecule has 1 unspecified atom stereocenters. The van der Waals surface area contributed by atoms with Crippen molar-refractivity contribution >= 4 is 17.3 Å². The molecule has 1 aromatic rings. The van der Waals surface area contributed by atoms with Crippen molar-refractivity contribution < 1.29 is 4.79 Å². The second kappa shape index (κ2) is 5.95. The Labute approximate surface area is 115 Å². The lowest BCUT2D eigenvalue weighted by atomic mass is 9.98. The number of carbonyl (C=O) groups excluding carboxylic acids is 1. The number of nitrogens with two attached hydrogens (primary N) is 1. The van der Waals surface area contributed by atoms with Crippen LogP contribution >= 0.6 is 0 Å². The number of benzene rings is 1. The van der Waals surface area contributed by atoms with Crippen molar-refractivity contribution in [3.8, 4) is 0 Å². The predicted molar refractivity (Wildman–Crippen MR) is 79.5 cm³/mol. The molecule has 1 saturated heterocycles. The molecule has 1 amide bonds. The molecule has 1 aliphatic heterocycles. The molecule has 3 N–H and O–H groups in total. The summed E-state index contributed by atoms with van der Waals surface area (Å²) in [7, 11) is 0. The molecule has 0 aliphatic carbocycles. The Balaban J connectivity index is 2.31. The predicted octanol–water partition coefficient (Wildman–Crippen LogP) is 2.25. The third kappa shape index (κ3) is 3.19. The third-order valence-corrected chi connectivity index (χ3v) is 3.60. The summed E-state index contributed by atoms with van der Waals surface area (Å²) in [5.74, 6) is 0.646. The maximum Gasteiger partial charge on any atom is 0.253 e. The van der Waals surface area contributed by atoms with Gasteiger partial charge in [0, 0.05) is 25.3 Å². The van der Waals surface area contributed by atoms with E-state index >= 15 is 0 Å². The van der Waals surface area contributed by atoms with Gasteiger partial charge in [0.25, 0.3) is 5.91 Å². The van der Waals surface area contributed by atoms with Gasteiger partial charge in [0.15, 0.2) is 0 Å². The van der Waals surface area contributed by atoms with Crippen LogP contribution in [0, 0.1) is 5.92 Å². The Morgan fingerprint density at radius 3 is 3.00 bits per heavy atom. The zero-order chi connectivity index (χ0) is 13.8. The minimum absolute atomic E-state index is 0.0178. The van der Waals surface area contributed by atoms with Crippen LogP contribution < -0.4 is 16.0 Å². The van der Waals surface area contributed by atoms with Gasteiger partial charge in [-0.25, -0.2) is 0 Å². The molecule has 1 aliphatic rings. The second-order valence-electron chi connectivity index (χ2n) is 5.33. The summed E-state index contributed by atoms with van der Waals surface area (Å²) in [5.41, 5.74) is 8.29. The number of piperidine rings is 1. The molecular weight excluding hydrogens is 238 g/mol. The number of amides is 1. The lowest BCUT2D eigenvalue weighted by Gasteiger charge is -2.34. The fraction of sp³-hybridized carbons (Fsp3) is 0.533. The summed E-state index contributed by atoms with van der Waals surface area (Å²) in [6.07, 6.45) is 2.43. The van der Waals surface area contributed by atoms with Gasteiger partial charge in [0.1, 0.15) is 0 Å². The number of anilines is 2. The number of hydrogen-bond acceptors (Lipinski definition) is 3. The van der Waals surface area contributed by atoms with Crippen molar-refractivity contribution in [2.75, 3.05) is 30.3 Å². The van der Waals surface area contributed by atoms with Crippen molar-refractivity contribution in [1.29, 1.82) is 0 Å². The lowest BCUT2D eigenvalue weighted by Crippen LogP contribution is -2.36. The van der Waals surface area contributed by atoms with E-state index in [-0.39, 0.29) is 5.91 Å². The first-order valence-electron chi connectivity index (χ1n) is 7.04. The van der Waals surface area contributed by atoms with E-state index in [0.717, 1.165) is 24.3 Å². The summed E-state index contributed by atoms with van der Waals surface area (Å²) in [4.78, 5) is 14.4. The van der Waals surface area contributed by atoms with Gasteiger partial charge in [-0.3, -0.25) is 4.79 Å². The van der Waals surface area contributed by atoms with Gasteiger partial charge in [-0.05, 0) is 43.9 Å². The first-order valence-corrected chi connectivity index (χ1v) is 7.04. The first kappa shape index (κ1) is 13.7. The molecule has 1 aromatic carbocycles. The van der Waals surface area contributed by atoms with Gasteiger partial charge in [-0.1, -0.05) is 6.92 Å². The zero-order valence-electron chi connectivity index (χ0n) is 11.8. The third-order valence-electron chi connectivity index (χ3n) is 3.60. The summed E-state index contributed by atoms with van der Waals surface area (Å²) >= 11 is 0. The quantitative estimate of drug-likeness (QED) is 0.821. The number of nitrogens with zero attached hydrogens (tertiary/aromatic N) is 1. The second-order valence-corrected chi connectivity index (χ2v) is 5.33. The van der Waals surface area contributed by atoms with Crippen molar-refractivity contribution in [3.63, 3.8) is 0 Å². The number of rotatable bonds is 3. The van der Waals surface area contributed by atoms with Crippen LogP contribution in [0.1, 0.15) is 37.0 Å². The van der Waals surface area contributed by atoms with Crippen LogP contribution in [-0.2, 0) is 0 Å². The molecule has 1 fully saturated rings. The highest BCUT2D eigenvalue weighted by Gasteiger charge is 2.21. The molecule has 0 bridgehead atoms. The van der Waals surface area contributed by atoms with Crippen molar-refractivity contribution in [2.24, 2.45) is 5.92 Å². The monoisotopic (exact) mass is 261 g/mol. The Bertz CT molecular complexity index is 459. The Morgan fingerprint density at radius 2 is 2.32 bits per heavy atom. The summed E-state index contributed by atoms with van der Waals surface area (Å²) in [6.45, 7) is 6.82. The molecule has 1 heterocycles. The zero-order valence-corrected chi connectivity index (χ0v) is 11.8. The van der Waals surface area contributed by atoms with Crippen LogP contribution in [0.25, 0.3) is 0 Å². The molecule has 2 rings (SSSR count). The molecule has 4 heteroatoms. The van der Waals surface area contributed by atoms with E-state index in [0.29, 0.717) is 18.2 Å². The highest BCUT2D eigenvalue weighted by molar-refractivity contribution is 6.00. The number of hydrogen-bond donors (Lipinski definition) is 2. The van der Waals surface area contributed by atoms with E-state index in [1.165, 1.54) is 12.8 Å². The smallest absolute Gasteiger partial charge is 0.253 e. The standard InChI is InChI=1S/C15H23N3O/c1-3-17-15(19)13-7-6-12(16)9-14(13)18-8-4-5-11(2)10-18/h6-7,9,11H,3-5,8,10,16H2,1-2H3,(H,17,19). The summed E-state index contributed by atoms with van der Waals surface area (Å²) < 4.78 is 0. The van der Waals surface area contributed by atoms with Crippen LogP contribution in [-0.4, -0.2) is 25.5 Å². The van der Waals surface area contributed by atoms with Gasteiger partial charge in [-0.15, -0.1) is 0 Å². The molecule has 4 nitrogen and oxygen atoms in total. The van der Waals surface area contributed by atoms with E-state index in [1.807, 2.05) is 19.1 Å². The topological polar surface area (TPSA) is 58.4 Å². The minimum Gasteiger partial charge on any atom is -0.399 e. The van der Waals surface area contributed by atoms with E-state index in [9.17, 15) is 4.79 Å². The summed E-state index contributed by atoms with van der Waals surface area (Å²) in [6, 6.07) is 5.54. The molecule has 0 aromatic heterocycles. The van der Waals surface area contributed by atoms with Gasteiger partial charge in [-0.2, -0.15) is 0 Å². The fourth-order valence-electron chi connectivity index (χ4n) is 2.67. The van der Waals surface area contributed by atoms with Crippen LogP contribution in [0.2, 0.25) is 0 Å². The van der Waals surface area contributed by atoms with Crippen LogP contribution in [0.5, 0.6) is 0 Å². The Morgan fingerprint density at radius 1 is 1.53 bits per heavy atom. The maximum absolute atomic E-state index is 12.1. The average Bonchev–Trinajstić information content (AvgIpc) is 2.39. The van der Waals surface area contributed by atoms with Crippen LogP contribution in [0.3, 0.4) is 0 Å². The Hall–Kier alpha value is -1.71. The van der Waals surface area contributed by atoms with Crippen LogP contribution in [0.4, 0.5) is 11.4 Å². The SMILES string of the molecule is CCNC(=O)c1ccc(N)cc1N1CCCC(C)C1. The van der Waals surface area contributed by atoms with Gasteiger partial charge < -0.3 is 16.0 Å². The number of nitrogen functional groups attached to an aromatic ring is 1. The van der Waals surface area contributed by atoms with E-state index < -0.39 is 0 Å². The maximum atomic E-state index is 12.1. The normalized spacial score (nSPS) is 19.3. The largest absolute Gasteiger partial charge is 0.399 e. The molecule has 0 saturated carbocycles. The average molecular weight is 261 g/mol. The first-order chi connectivity index (χ1) is 9.11. The van der Waals surface area contributed by atoms with Gasteiger partial charge in [0.2, 0.25) is 0 Å². The molecule has 19 heavy (non-hydrogen) atoms. The highest BCUT2D eigenvalue weighted by atomic mass is 16.1. The molecule has 0 radical (unpaired) electrons. The van der Waals surface area contributed by atoms with Gasteiger partial charge >= 0.3 is 0 Å². The van der Waals surface area contributed by atoms with Crippen molar-refractivity contribution in [3.05, 3.63) is 23.8 Å². The highest BCUT2D eigenvalue weighted by Crippen LogP contribution is 2.28. The number of nitrogens with one attached hydrogen (secondary N) is 1. The van der Waals surface area contributed by atoms with E-state index in [1.54, 1.807) is 6.07 Å². The van der Waals surface area contributed by atoms with E-state index in [2.05, 4.69) is 17.1 Å². The minimum atomic E-state index is -0.0178. The van der Waals surface area contributed by atoms with Crippen molar-refractivity contribution in [1.82, 2.24) is 5.32 Å². The summed E-state index contributed by atoms with van der Waals surface area (Å²) in [5, 5.41) is 2.87. The fourth-order valence-corrected chi connectivity index (χ4v) is 2.67. The lowest BCUT2D eigenvalue weighted by molar-refractivity contribution is 0.0956.